The molecule has 0 radical (unpaired) electrons. The summed E-state index contributed by atoms with van der Waals surface area (Å²) in [5.41, 5.74) is 1.02. The summed E-state index contributed by atoms with van der Waals surface area (Å²) in [7, 11) is 3.42. The number of aromatic nitrogens is 1. The highest BCUT2D eigenvalue weighted by atomic mass is 16.5. The lowest BCUT2D eigenvalue weighted by Crippen LogP contribution is -2.38. The third-order valence-corrected chi connectivity index (χ3v) is 3.85. The lowest BCUT2D eigenvalue weighted by atomic mass is 10.2. The summed E-state index contributed by atoms with van der Waals surface area (Å²) < 4.78 is 7.67. The molecular weight excluding hydrogens is 342 g/mol. The van der Waals surface area contributed by atoms with Crippen LogP contribution in [0.2, 0.25) is 0 Å². The van der Waals surface area contributed by atoms with Crippen LogP contribution in [0.5, 0.6) is 5.75 Å². The molecule has 0 aliphatic heterocycles. The van der Waals surface area contributed by atoms with Crippen molar-refractivity contribution in [1.82, 2.24) is 20.1 Å². The number of hydrogen-bond donors (Lipinski definition) is 2. The van der Waals surface area contributed by atoms with Gasteiger partial charge in [0, 0.05) is 46.1 Å². The monoisotopic (exact) mass is 371 g/mol. The minimum absolute atomic E-state index is 0.0311. The Balaban J connectivity index is 1.88. The Morgan fingerprint density at radius 3 is 2.67 bits per heavy atom. The number of nitrogens with one attached hydrogen (secondary N) is 2. The summed E-state index contributed by atoms with van der Waals surface area (Å²) in [6, 6.07) is 11.7. The van der Waals surface area contributed by atoms with Crippen molar-refractivity contribution in [2.45, 2.75) is 20.0 Å². The fourth-order valence-corrected chi connectivity index (χ4v) is 2.34. The predicted molar refractivity (Wildman–Crippen MR) is 108 cm³/mol. The molecule has 1 amide bonds. The molecule has 0 spiro atoms. The van der Waals surface area contributed by atoms with Crippen LogP contribution in [0.1, 0.15) is 12.5 Å². The molecule has 7 heteroatoms. The number of nitrogens with zero attached hydrogens (tertiary/aromatic N) is 3. The van der Waals surface area contributed by atoms with E-state index in [1.807, 2.05) is 55.7 Å². The minimum atomic E-state index is -0.0697. The van der Waals surface area contributed by atoms with Gasteiger partial charge in [0.05, 0.1) is 6.54 Å². The van der Waals surface area contributed by atoms with Gasteiger partial charge in [0.25, 0.3) is 5.91 Å². The van der Waals surface area contributed by atoms with Crippen LogP contribution in [0.4, 0.5) is 0 Å². The van der Waals surface area contributed by atoms with Crippen molar-refractivity contribution in [1.29, 1.82) is 0 Å². The standard InChI is InChI=1S/C20H29N5O2/c1-4-21-20(22-10-13-25-11-5-6-12-25)23-15-17-8-7-9-18(14-17)27-16-19(26)24(2)3/h5-9,11-12,14H,4,10,13,15-16H2,1-3H3,(H2,21,22,23). The molecule has 7 nitrogen and oxygen atoms in total. The second kappa shape index (κ2) is 10.9. The van der Waals surface area contributed by atoms with Crippen LogP contribution in [-0.4, -0.2) is 55.1 Å². The molecule has 0 aliphatic carbocycles. The molecule has 0 atom stereocenters. The van der Waals surface area contributed by atoms with Crippen molar-refractivity contribution in [3.8, 4) is 5.75 Å². The van der Waals surface area contributed by atoms with E-state index in [0.717, 1.165) is 31.2 Å². The smallest absolute Gasteiger partial charge is 0.259 e. The van der Waals surface area contributed by atoms with E-state index in [2.05, 4.69) is 20.2 Å². The molecule has 27 heavy (non-hydrogen) atoms. The van der Waals surface area contributed by atoms with Crippen molar-refractivity contribution in [3.05, 3.63) is 54.4 Å². The van der Waals surface area contributed by atoms with Crippen LogP contribution < -0.4 is 15.4 Å². The molecule has 2 N–H and O–H groups in total. The average Bonchev–Trinajstić information content (AvgIpc) is 3.18. The first-order valence-electron chi connectivity index (χ1n) is 9.13. The molecule has 146 valence electrons. The number of ether oxygens (including phenoxy) is 1. The fourth-order valence-electron chi connectivity index (χ4n) is 2.34. The number of aliphatic imine (C=N–C) groups is 1. The summed E-state index contributed by atoms with van der Waals surface area (Å²) in [5, 5.41) is 6.58. The SMILES string of the molecule is CCNC(=NCc1cccc(OCC(=O)N(C)C)c1)NCCn1cccc1. The number of carbonyl (C=O) groups excluding carboxylic acids is 1. The molecule has 1 aromatic heterocycles. The topological polar surface area (TPSA) is 70.9 Å². The summed E-state index contributed by atoms with van der Waals surface area (Å²) in [6.07, 6.45) is 4.08. The van der Waals surface area contributed by atoms with Crippen LogP contribution in [0.15, 0.2) is 53.8 Å². The first kappa shape index (κ1) is 20.4. The summed E-state index contributed by atoms with van der Waals surface area (Å²) >= 11 is 0. The molecule has 0 saturated carbocycles. The van der Waals surface area contributed by atoms with Crippen LogP contribution in [-0.2, 0) is 17.9 Å². The van der Waals surface area contributed by atoms with E-state index in [4.69, 9.17) is 4.74 Å². The summed E-state index contributed by atoms with van der Waals surface area (Å²) in [4.78, 5) is 17.8. The van der Waals surface area contributed by atoms with Gasteiger partial charge in [-0.2, -0.15) is 0 Å². The van der Waals surface area contributed by atoms with Crippen LogP contribution >= 0.6 is 0 Å². The predicted octanol–water partition coefficient (Wildman–Crippen LogP) is 1.71. The number of benzene rings is 1. The van der Waals surface area contributed by atoms with Crippen molar-refractivity contribution in [2.24, 2.45) is 4.99 Å². The van der Waals surface area contributed by atoms with Crippen molar-refractivity contribution >= 4 is 11.9 Å². The second-order valence-electron chi connectivity index (χ2n) is 6.27. The van der Waals surface area contributed by atoms with Gasteiger partial charge in [-0.05, 0) is 36.8 Å². The third-order valence-electron chi connectivity index (χ3n) is 3.85. The molecule has 0 saturated heterocycles. The number of carbonyl (C=O) groups is 1. The number of rotatable bonds is 9. The number of hydrogen-bond acceptors (Lipinski definition) is 3. The zero-order valence-corrected chi connectivity index (χ0v) is 16.3. The van der Waals surface area contributed by atoms with Gasteiger partial charge in [-0.1, -0.05) is 12.1 Å². The molecule has 2 aromatic rings. The normalized spacial score (nSPS) is 11.1. The highest BCUT2D eigenvalue weighted by Crippen LogP contribution is 2.14. The van der Waals surface area contributed by atoms with Gasteiger partial charge in [-0.3, -0.25) is 4.79 Å². The van der Waals surface area contributed by atoms with E-state index >= 15 is 0 Å². The maximum absolute atomic E-state index is 11.6. The maximum Gasteiger partial charge on any atom is 0.259 e. The van der Waals surface area contributed by atoms with Crippen LogP contribution in [0.25, 0.3) is 0 Å². The van der Waals surface area contributed by atoms with E-state index < -0.39 is 0 Å². The van der Waals surface area contributed by atoms with E-state index in [-0.39, 0.29) is 12.5 Å². The quantitative estimate of drug-likeness (QED) is 0.520. The Morgan fingerprint density at radius 1 is 1.19 bits per heavy atom. The number of guanidine groups is 1. The van der Waals surface area contributed by atoms with E-state index in [0.29, 0.717) is 12.3 Å². The lowest BCUT2D eigenvalue weighted by Gasteiger charge is -2.13. The first-order valence-corrected chi connectivity index (χ1v) is 9.13. The molecule has 1 aromatic carbocycles. The Kier molecular flexibility index (Phi) is 8.22. The molecule has 0 aliphatic rings. The Bertz CT molecular complexity index is 726. The van der Waals surface area contributed by atoms with Gasteiger partial charge in [0.1, 0.15) is 5.75 Å². The van der Waals surface area contributed by atoms with Crippen molar-refractivity contribution in [2.75, 3.05) is 33.8 Å². The minimum Gasteiger partial charge on any atom is -0.484 e. The summed E-state index contributed by atoms with van der Waals surface area (Å²) in [5.74, 6) is 1.38. The molecule has 0 bridgehead atoms. The third kappa shape index (κ3) is 7.43. The van der Waals surface area contributed by atoms with Gasteiger partial charge >= 0.3 is 0 Å². The largest absolute Gasteiger partial charge is 0.484 e. The van der Waals surface area contributed by atoms with E-state index in [1.54, 1.807) is 14.1 Å². The van der Waals surface area contributed by atoms with Crippen molar-refractivity contribution in [3.63, 3.8) is 0 Å². The Hall–Kier alpha value is -2.96. The average molecular weight is 371 g/mol. The van der Waals surface area contributed by atoms with Crippen molar-refractivity contribution < 1.29 is 9.53 Å². The van der Waals surface area contributed by atoms with Gasteiger partial charge in [0.15, 0.2) is 12.6 Å². The van der Waals surface area contributed by atoms with Gasteiger partial charge in [-0.15, -0.1) is 0 Å². The zero-order valence-electron chi connectivity index (χ0n) is 16.3. The first-order chi connectivity index (χ1) is 13.1. The van der Waals surface area contributed by atoms with Gasteiger partial charge in [-0.25, -0.2) is 4.99 Å². The molecule has 0 unspecified atom stereocenters. The number of amides is 1. The van der Waals surface area contributed by atoms with E-state index in [9.17, 15) is 4.79 Å². The Labute approximate surface area is 161 Å². The maximum atomic E-state index is 11.6. The van der Waals surface area contributed by atoms with Gasteiger partial charge < -0.3 is 24.8 Å². The second-order valence-corrected chi connectivity index (χ2v) is 6.27. The van der Waals surface area contributed by atoms with E-state index in [1.165, 1.54) is 4.90 Å². The van der Waals surface area contributed by atoms with Crippen LogP contribution in [0.3, 0.4) is 0 Å². The summed E-state index contributed by atoms with van der Waals surface area (Å²) in [6.45, 7) is 5.06. The number of likely N-dealkylation sites (N-methyl/N-ethyl adjacent to an activating group) is 1. The Morgan fingerprint density at radius 2 is 1.96 bits per heavy atom. The van der Waals surface area contributed by atoms with Gasteiger partial charge in [0.2, 0.25) is 0 Å². The highest BCUT2D eigenvalue weighted by Gasteiger charge is 2.05. The fraction of sp³-hybridized carbons (Fsp3) is 0.400. The highest BCUT2D eigenvalue weighted by molar-refractivity contribution is 5.79. The molecule has 1 heterocycles. The molecular formula is C20H29N5O2. The molecule has 2 rings (SSSR count). The zero-order chi connectivity index (χ0) is 19.5. The lowest BCUT2D eigenvalue weighted by molar-refractivity contribution is -0.130. The van der Waals surface area contributed by atoms with Crippen LogP contribution in [0, 0.1) is 0 Å². The molecule has 0 fully saturated rings.